The van der Waals surface area contributed by atoms with Crippen LogP contribution in [0.25, 0.3) is 0 Å². The first-order valence-electron chi connectivity index (χ1n) is 10.2. The van der Waals surface area contributed by atoms with E-state index in [9.17, 15) is 0 Å². The third-order valence-electron chi connectivity index (χ3n) is 5.74. The van der Waals surface area contributed by atoms with Gasteiger partial charge in [-0.25, -0.2) is 9.59 Å². The number of hydrogen-bond donors (Lipinski definition) is 2. The molecule has 0 atom stereocenters. The fourth-order valence-corrected chi connectivity index (χ4v) is 4.38. The van der Waals surface area contributed by atoms with Gasteiger partial charge in [-0.3, -0.25) is 9.80 Å². The fourth-order valence-electron chi connectivity index (χ4n) is 4.12. The molecule has 0 bridgehead atoms. The second-order valence-electron chi connectivity index (χ2n) is 7.73. The van der Waals surface area contributed by atoms with Crippen molar-refractivity contribution in [3.63, 3.8) is 0 Å². The summed E-state index contributed by atoms with van der Waals surface area (Å²) in [4.78, 5) is 23.5. The highest BCUT2D eigenvalue weighted by atomic mass is 79.9. The van der Waals surface area contributed by atoms with Crippen molar-refractivity contribution in [1.29, 1.82) is 0 Å². The average molecular weight is 475 g/mol. The lowest BCUT2D eigenvalue weighted by molar-refractivity contribution is -0.159. The molecule has 7 heteroatoms. The van der Waals surface area contributed by atoms with E-state index in [0.29, 0.717) is 0 Å². The minimum atomic E-state index is -1.82. The fraction of sp³-hybridized carbons (Fsp3) is 0.391. The van der Waals surface area contributed by atoms with E-state index in [1.807, 2.05) is 0 Å². The first kappa shape index (κ1) is 22.5. The van der Waals surface area contributed by atoms with Gasteiger partial charge in [0.25, 0.3) is 0 Å². The number of nitrogens with zero attached hydrogens (tertiary/aromatic N) is 2. The molecule has 1 fully saturated rings. The maximum Gasteiger partial charge on any atom is 0.414 e. The van der Waals surface area contributed by atoms with Crippen LogP contribution >= 0.6 is 15.9 Å². The van der Waals surface area contributed by atoms with Crippen LogP contribution in [0, 0.1) is 0 Å². The molecule has 0 aliphatic carbocycles. The van der Waals surface area contributed by atoms with Gasteiger partial charge in [-0.1, -0.05) is 52.3 Å². The van der Waals surface area contributed by atoms with Crippen LogP contribution in [0.3, 0.4) is 0 Å². The average Bonchev–Trinajstić information content (AvgIpc) is 2.76. The molecule has 0 aromatic heterocycles. The predicted molar refractivity (Wildman–Crippen MR) is 118 cm³/mol. The number of carboxylic acid groups (broad SMARTS) is 2. The van der Waals surface area contributed by atoms with E-state index in [4.69, 9.17) is 19.8 Å². The molecule has 0 amide bonds. The Bertz CT molecular complexity index is 852. The third-order valence-corrected chi connectivity index (χ3v) is 6.26. The molecule has 160 valence electrons. The highest BCUT2D eigenvalue weighted by Gasteiger charge is 2.27. The van der Waals surface area contributed by atoms with E-state index in [2.05, 4.69) is 74.3 Å². The molecule has 0 radical (unpaired) electrons. The lowest BCUT2D eigenvalue weighted by Crippen LogP contribution is -2.46. The summed E-state index contributed by atoms with van der Waals surface area (Å²) < 4.78 is 1.16. The van der Waals surface area contributed by atoms with Crippen molar-refractivity contribution < 1.29 is 19.8 Å². The van der Waals surface area contributed by atoms with Gasteiger partial charge in [-0.05, 0) is 61.2 Å². The van der Waals surface area contributed by atoms with Crippen LogP contribution in [0.2, 0.25) is 0 Å². The van der Waals surface area contributed by atoms with Crippen LogP contribution in [0.1, 0.15) is 29.5 Å². The lowest BCUT2D eigenvalue weighted by atomic mass is 9.95. The minimum absolute atomic E-state index is 0.763. The van der Waals surface area contributed by atoms with Crippen molar-refractivity contribution in [2.45, 2.75) is 38.4 Å². The Labute approximate surface area is 185 Å². The second-order valence-corrected chi connectivity index (χ2v) is 8.65. The van der Waals surface area contributed by atoms with Crippen LogP contribution in [0.15, 0.2) is 53.0 Å². The van der Waals surface area contributed by atoms with Gasteiger partial charge in [0, 0.05) is 30.1 Å². The van der Waals surface area contributed by atoms with Gasteiger partial charge in [0.15, 0.2) is 0 Å². The molecule has 0 unspecified atom stereocenters. The SMILES string of the molecule is Brc1ccc(CN2CCC(N3CCc4ccccc4C3)CC2)cc1.O=C(O)C(=O)O. The molecule has 2 aromatic rings. The summed E-state index contributed by atoms with van der Waals surface area (Å²) in [7, 11) is 0. The number of likely N-dealkylation sites (tertiary alicyclic amines) is 1. The Kier molecular flexibility index (Phi) is 8.01. The first-order chi connectivity index (χ1) is 14.4. The number of aliphatic carboxylic acids is 2. The third kappa shape index (κ3) is 6.39. The lowest BCUT2D eigenvalue weighted by Gasteiger charge is -2.40. The zero-order valence-electron chi connectivity index (χ0n) is 16.8. The predicted octanol–water partition coefficient (Wildman–Crippen LogP) is 3.63. The number of carboxylic acids is 2. The molecule has 4 rings (SSSR count). The van der Waals surface area contributed by atoms with Crippen LogP contribution in [0.5, 0.6) is 0 Å². The second kappa shape index (κ2) is 10.7. The number of benzene rings is 2. The molecule has 2 aliphatic heterocycles. The number of rotatable bonds is 3. The Hall–Kier alpha value is -2.22. The molecular formula is C23H27BrN2O4. The molecular weight excluding hydrogens is 448 g/mol. The Morgan fingerprint density at radius 3 is 2.10 bits per heavy atom. The highest BCUT2D eigenvalue weighted by molar-refractivity contribution is 9.10. The standard InChI is InChI=1S/C21H25BrN2.C2H2O4/c22-20-7-5-17(6-8-20)15-23-12-10-21(11-13-23)24-14-9-18-3-1-2-4-19(18)16-24;3-1(4)2(5)6/h1-8,21H,9-16H2;(H,3,4)(H,5,6). The summed E-state index contributed by atoms with van der Waals surface area (Å²) >= 11 is 3.52. The van der Waals surface area contributed by atoms with Crippen molar-refractivity contribution in [3.8, 4) is 0 Å². The Morgan fingerprint density at radius 1 is 0.900 bits per heavy atom. The van der Waals surface area contributed by atoms with Gasteiger partial charge >= 0.3 is 11.9 Å². The number of hydrogen-bond acceptors (Lipinski definition) is 4. The quantitative estimate of drug-likeness (QED) is 0.661. The highest BCUT2D eigenvalue weighted by Crippen LogP contribution is 2.25. The molecule has 1 saturated heterocycles. The monoisotopic (exact) mass is 474 g/mol. The summed E-state index contributed by atoms with van der Waals surface area (Å²) in [6, 6.07) is 18.5. The Morgan fingerprint density at radius 2 is 1.50 bits per heavy atom. The topological polar surface area (TPSA) is 81.1 Å². The zero-order chi connectivity index (χ0) is 21.5. The van der Waals surface area contributed by atoms with Crippen molar-refractivity contribution in [3.05, 3.63) is 69.7 Å². The van der Waals surface area contributed by atoms with Crippen molar-refractivity contribution in [2.75, 3.05) is 19.6 Å². The normalized spacial score (nSPS) is 17.5. The molecule has 6 nitrogen and oxygen atoms in total. The van der Waals surface area contributed by atoms with Crippen LogP contribution in [-0.4, -0.2) is 57.6 Å². The largest absolute Gasteiger partial charge is 0.473 e. The molecule has 30 heavy (non-hydrogen) atoms. The maximum atomic E-state index is 9.10. The Balaban J connectivity index is 0.000000377. The van der Waals surface area contributed by atoms with Gasteiger partial charge in [0.05, 0.1) is 0 Å². The van der Waals surface area contributed by atoms with E-state index in [1.165, 1.54) is 44.5 Å². The van der Waals surface area contributed by atoms with Crippen LogP contribution < -0.4 is 0 Å². The molecule has 2 N–H and O–H groups in total. The number of halogens is 1. The van der Waals surface area contributed by atoms with Gasteiger partial charge < -0.3 is 10.2 Å². The maximum absolute atomic E-state index is 9.10. The minimum Gasteiger partial charge on any atom is -0.473 e. The van der Waals surface area contributed by atoms with Gasteiger partial charge in [0.2, 0.25) is 0 Å². The number of fused-ring (bicyclic) bond motifs is 1. The zero-order valence-corrected chi connectivity index (χ0v) is 18.4. The summed E-state index contributed by atoms with van der Waals surface area (Å²) in [5, 5.41) is 14.8. The summed E-state index contributed by atoms with van der Waals surface area (Å²) in [6.07, 6.45) is 3.83. The van der Waals surface area contributed by atoms with Gasteiger partial charge in [-0.15, -0.1) is 0 Å². The van der Waals surface area contributed by atoms with E-state index >= 15 is 0 Å². The number of piperidine rings is 1. The first-order valence-corrected chi connectivity index (χ1v) is 11.0. The molecule has 2 aliphatic rings. The molecule has 0 spiro atoms. The van der Waals surface area contributed by atoms with Crippen LogP contribution in [0.4, 0.5) is 0 Å². The van der Waals surface area contributed by atoms with Crippen LogP contribution in [-0.2, 0) is 29.1 Å². The summed E-state index contributed by atoms with van der Waals surface area (Å²) in [5.41, 5.74) is 4.52. The smallest absolute Gasteiger partial charge is 0.414 e. The van der Waals surface area contributed by atoms with Crippen molar-refractivity contribution in [1.82, 2.24) is 9.80 Å². The van der Waals surface area contributed by atoms with E-state index in [1.54, 1.807) is 11.1 Å². The molecule has 2 heterocycles. The summed E-state index contributed by atoms with van der Waals surface area (Å²) in [5.74, 6) is -3.65. The van der Waals surface area contributed by atoms with Crippen molar-refractivity contribution in [2.24, 2.45) is 0 Å². The van der Waals surface area contributed by atoms with Gasteiger partial charge in [0.1, 0.15) is 0 Å². The van der Waals surface area contributed by atoms with Crippen molar-refractivity contribution >= 4 is 27.9 Å². The number of carbonyl (C=O) groups is 2. The van der Waals surface area contributed by atoms with E-state index < -0.39 is 11.9 Å². The van der Waals surface area contributed by atoms with Gasteiger partial charge in [-0.2, -0.15) is 0 Å². The summed E-state index contributed by atoms with van der Waals surface area (Å²) in [6.45, 7) is 5.91. The molecule has 2 aromatic carbocycles. The van der Waals surface area contributed by atoms with E-state index in [-0.39, 0.29) is 0 Å². The van der Waals surface area contributed by atoms with E-state index in [0.717, 1.165) is 23.6 Å². The molecule has 0 saturated carbocycles.